The predicted octanol–water partition coefficient (Wildman–Crippen LogP) is 1.23. The minimum absolute atomic E-state index is 0.0631. The van der Waals surface area contributed by atoms with E-state index >= 15 is 0 Å². The minimum atomic E-state index is -3.87. The van der Waals surface area contributed by atoms with Crippen LogP contribution >= 0.6 is 0 Å². The van der Waals surface area contributed by atoms with E-state index in [0.717, 1.165) is 18.4 Å². The van der Waals surface area contributed by atoms with Gasteiger partial charge in [0.15, 0.2) is 4.90 Å². The smallest absolute Gasteiger partial charge is 0.245 e. The van der Waals surface area contributed by atoms with Crippen LogP contribution in [-0.2, 0) is 10.0 Å². The Balaban J connectivity index is 2.70. The van der Waals surface area contributed by atoms with Crippen molar-refractivity contribution in [1.29, 1.82) is 0 Å². The van der Waals surface area contributed by atoms with Crippen molar-refractivity contribution in [2.24, 2.45) is 5.14 Å². The van der Waals surface area contributed by atoms with Crippen LogP contribution in [0, 0.1) is 0 Å². The van der Waals surface area contributed by atoms with E-state index < -0.39 is 10.0 Å². The molecule has 0 bridgehead atoms. The third kappa shape index (κ3) is 2.23. The zero-order valence-electron chi connectivity index (χ0n) is 9.76. The summed E-state index contributed by atoms with van der Waals surface area (Å²) in [5.74, 6) is 0.902. The first kappa shape index (κ1) is 12.2. The second-order valence-corrected chi connectivity index (χ2v) is 5.54. The largest absolute Gasteiger partial charge is 0.495 e. The highest BCUT2D eigenvalue weighted by Gasteiger charge is 2.32. The summed E-state index contributed by atoms with van der Waals surface area (Å²) in [6, 6.07) is 3.46. The van der Waals surface area contributed by atoms with Gasteiger partial charge < -0.3 is 9.47 Å². The van der Waals surface area contributed by atoms with Crippen LogP contribution in [0.1, 0.15) is 24.3 Å². The van der Waals surface area contributed by atoms with Crippen LogP contribution in [0.5, 0.6) is 11.5 Å². The topological polar surface area (TPSA) is 78.6 Å². The monoisotopic (exact) mass is 257 g/mol. The quantitative estimate of drug-likeness (QED) is 0.879. The predicted molar refractivity (Wildman–Crippen MR) is 62.9 cm³/mol. The van der Waals surface area contributed by atoms with E-state index in [1.165, 1.54) is 14.2 Å². The van der Waals surface area contributed by atoms with Crippen molar-refractivity contribution in [3.63, 3.8) is 0 Å². The van der Waals surface area contributed by atoms with Crippen molar-refractivity contribution >= 4 is 10.0 Å². The number of benzene rings is 1. The fraction of sp³-hybridized carbons (Fsp3) is 0.455. The number of sulfonamides is 1. The number of nitrogens with two attached hydrogens (primary N) is 1. The summed E-state index contributed by atoms with van der Waals surface area (Å²) in [5, 5.41) is 5.21. The van der Waals surface area contributed by atoms with Crippen molar-refractivity contribution in [2.45, 2.75) is 23.7 Å². The van der Waals surface area contributed by atoms with E-state index in [4.69, 9.17) is 14.6 Å². The first-order valence-electron chi connectivity index (χ1n) is 5.26. The van der Waals surface area contributed by atoms with Gasteiger partial charge in [0.05, 0.1) is 14.2 Å². The maximum absolute atomic E-state index is 11.6. The van der Waals surface area contributed by atoms with Gasteiger partial charge in [-0.25, -0.2) is 13.6 Å². The Bertz CT molecular complexity index is 535. The number of primary sulfonamides is 1. The maximum atomic E-state index is 11.6. The molecule has 0 radical (unpaired) electrons. The molecule has 0 aliphatic heterocycles. The van der Waals surface area contributed by atoms with Crippen molar-refractivity contribution < 1.29 is 17.9 Å². The summed E-state index contributed by atoms with van der Waals surface area (Å²) in [7, 11) is -1.02. The van der Waals surface area contributed by atoms with Crippen LogP contribution in [0.2, 0.25) is 0 Å². The summed E-state index contributed by atoms with van der Waals surface area (Å²) in [6.07, 6.45) is 2.10. The molecular weight excluding hydrogens is 242 g/mol. The lowest BCUT2D eigenvalue weighted by Crippen LogP contribution is -2.15. The van der Waals surface area contributed by atoms with Gasteiger partial charge in [0, 0.05) is 0 Å². The molecule has 5 nitrogen and oxygen atoms in total. The second-order valence-electron chi connectivity index (χ2n) is 4.04. The average Bonchev–Trinajstić information content (AvgIpc) is 3.09. The first-order valence-corrected chi connectivity index (χ1v) is 6.81. The molecule has 1 aliphatic rings. The lowest BCUT2D eigenvalue weighted by molar-refractivity contribution is 0.370. The van der Waals surface area contributed by atoms with Gasteiger partial charge in [-0.15, -0.1) is 0 Å². The molecule has 0 spiro atoms. The van der Waals surface area contributed by atoms with Crippen LogP contribution in [0.4, 0.5) is 0 Å². The fourth-order valence-corrected chi connectivity index (χ4v) is 2.81. The molecule has 1 saturated carbocycles. The van der Waals surface area contributed by atoms with Gasteiger partial charge in [-0.3, -0.25) is 0 Å². The molecule has 0 heterocycles. The highest BCUT2D eigenvalue weighted by atomic mass is 32.2. The third-order valence-corrected chi connectivity index (χ3v) is 3.79. The molecule has 2 N–H and O–H groups in total. The fourth-order valence-electron chi connectivity index (χ4n) is 1.92. The number of rotatable bonds is 4. The Kier molecular flexibility index (Phi) is 3.01. The molecule has 17 heavy (non-hydrogen) atoms. The van der Waals surface area contributed by atoms with E-state index in [0.29, 0.717) is 11.7 Å². The van der Waals surface area contributed by atoms with Gasteiger partial charge in [0.25, 0.3) is 0 Å². The first-order chi connectivity index (χ1) is 7.99. The van der Waals surface area contributed by atoms with Gasteiger partial charge in [-0.05, 0) is 30.4 Å². The molecule has 0 amide bonds. The molecule has 2 rings (SSSR count). The zero-order chi connectivity index (χ0) is 12.6. The standard InChI is InChI=1S/C11H15NO4S/c1-15-9-6-5-8(7-3-4-7)10(16-2)11(9)17(12,13)14/h5-7H,3-4H2,1-2H3,(H2,12,13,14). The maximum Gasteiger partial charge on any atom is 0.245 e. The molecule has 0 atom stereocenters. The van der Waals surface area contributed by atoms with Crippen LogP contribution in [0.25, 0.3) is 0 Å². The minimum Gasteiger partial charge on any atom is -0.495 e. The highest BCUT2D eigenvalue weighted by molar-refractivity contribution is 7.89. The molecule has 1 aromatic rings. The molecule has 0 unspecified atom stereocenters. The number of hydrogen-bond acceptors (Lipinski definition) is 4. The van der Waals surface area contributed by atoms with Crippen LogP contribution in [0.15, 0.2) is 17.0 Å². The van der Waals surface area contributed by atoms with E-state index in [1.54, 1.807) is 6.07 Å². The molecular formula is C11H15NO4S. The molecule has 1 aliphatic carbocycles. The SMILES string of the molecule is COc1ccc(C2CC2)c(OC)c1S(N)(=O)=O. The molecule has 94 valence electrons. The Hall–Kier alpha value is -1.27. The van der Waals surface area contributed by atoms with Gasteiger partial charge in [-0.2, -0.15) is 0 Å². The average molecular weight is 257 g/mol. The van der Waals surface area contributed by atoms with Gasteiger partial charge in [0.1, 0.15) is 11.5 Å². The van der Waals surface area contributed by atoms with Crippen molar-refractivity contribution in [1.82, 2.24) is 0 Å². The van der Waals surface area contributed by atoms with E-state index in [2.05, 4.69) is 0 Å². The van der Waals surface area contributed by atoms with E-state index in [1.807, 2.05) is 6.07 Å². The summed E-state index contributed by atoms with van der Waals surface area (Å²) in [4.78, 5) is -0.0631. The highest BCUT2D eigenvalue weighted by Crippen LogP contribution is 2.48. The van der Waals surface area contributed by atoms with Gasteiger partial charge in [-0.1, -0.05) is 6.07 Å². The van der Waals surface area contributed by atoms with E-state index in [-0.39, 0.29) is 10.6 Å². The molecule has 1 fully saturated rings. The van der Waals surface area contributed by atoms with Crippen molar-refractivity contribution in [3.8, 4) is 11.5 Å². The molecule has 1 aromatic carbocycles. The zero-order valence-corrected chi connectivity index (χ0v) is 10.6. The third-order valence-electron chi connectivity index (χ3n) is 2.83. The van der Waals surface area contributed by atoms with Gasteiger partial charge >= 0.3 is 0 Å². The molecule has 6 heteroatoms. The molecule has 0 aromatic heterocycles. The van der Waals surface area contributed by atoms with Gasteiger partial charge in [0.2, 0.25) is 10.0 Å². The Labute approximate surface area is 101 Å². The van der Waals surface area contributed by atoms with Crippen LogP contribution < -0.4 is 14.6 Å². The summed E-state index contributed by atoms with van der Waals surface area (Å²) in [5.41, 5.74) is 0.886. The number of ether oxygens (including phenoxy) is 2. The lowest BCUT2D eigenvalue weighted by Gasteiger charge is -2.15. The Morgan fingerprint density at radius 3 is 2.29 bits per heavy atom. The van der Waals surface area contributed by atoms with Crippen LogP contribution in [0.3, 0.4) is 0 Å². The Morgan fingerprint density at radius 1 is 1.24 bits per heavy atom. The number of methoxy groups -OCH3 is 2. The van der Waals surface area contributed by atoms with Crippen LogP contribution in [-0.4, -0.2) is 22.6 Å². The second kappa shape index (κ2) is 4.19. The van der Waals surface area contributed by atoms with Crippen molar-refractivity contribution in [3.05, 3.63) is 17.7 Å². The normalized spacial score (nSPS) is 15.7. The lowest BCUT2D eigenvalue weighted by atomic mass is 10.1. The Morgan fingerprint density at radius 2 is 1.88 bits per heavy atom. The summed E-state index contributed by atoms with van der Waals surface area (Å²) in [6.45, 7) is 0. The molecule has 0 saturated heterocycles. The number of hydrogen-bond donors (Lipinski definition) is 1. The summed E-state index contributed by atoms with van der Waals surface area (Å²) < 4.78 is 33.4. The van der Waals surface area contributed by atoms with Crippen molar-refractivity contribution in [2.75, 3.05) is 14.2 Å². The summed E-state index contributed by atoms with van der Waals surface area (Å²) >= 11 is 0. The van der Waals surface area contributed by atoms with E-state index in [9.17, 15) is 8.42 Å².